The van der Waals surface area contributed by atoms with Crippen LogP contribution in [0.25, 0.3) is 0 Å². The van der Waals surface area contributed by atoms with Crippen LogP contribution in [0.2, 0.25) is 0 Å². The minimum absolute atomic E-state index is 0.0622. The fraction of sp³-hybridized carbons (Fsp3) is 0.188. The molecule has 0 saturated carbocycles. The lowest BCUT2D eigenvalue weighted by atomic mass is 10.1. The van der Waals surface area contributed by atoms with Crippen molar-refractivity contribution in [1.82, 2.24) is 0 Å². The van der Waals surface area contributed by atoms with Crippen molar-refractivity contribution in [2.75, 3.05) is 19.5 Å². The minimum Gasteiger partial charge on any atom is -0.493 e. The van der Waals surface area contributed by atoms with Crippen LogP contribution in [0, 0.1) is 0 Å². The van der Waals surface area contributed by atoms with Crippen molar-refractivity contribution in [3.05, 3.63) is 45.9 Å². The van der Waals surface area contributed by atoms with Gasteiger partial charge in [0.15, 0.2) is 11.5 Å². The first kappa shape index (κ1) is 17.3. The Kier molecular flexibility index (Phi) is 5.47. The van der Waals surface area contributed by atoms with E-state index in [1.54, 1.807) is 14.2 Å². The van der Waals surface area contributed by atoms with Crippen LogP contribution in [-0.4, -0.2) is 25.2 Å². The van der Waals surface area contributed by atoms with Gasteiger partial charge in [-0.15, -0.1) is 0 Å². The van der Waals surface area contributed by atoms with Crippen LogP contribution >= 0.6 is 37.2 Å². The molecule has 0 amide bonds. The third-order valence-electron chi connectivity index (χ3n) is 3.50. The Hall–Kier alpha value is -1.52. The molecule has 2 aromatic rings. The van der Waals surface area contributed by atoms with Gasteiger partial charge < -0.3 is 19.9 Å². The van der Waals surface area contributed by atoms with Crippen LogP contribution in [0.5, 0.6) is 11.5 Å². The van der Waals surface area contributed by atoms with E-state index in [-0.39, 0.29) is 6.61 Å². The maximum Gasteiger partial charge on any atom is 0.162 e. The van der Waals surface area contributed by atoms with Gasteiger partial charge in [0.2, 0.25) is 0 Å². The van der Waals surface area contributed by atoms with Gasteiger partial charge in [0.05, 0.1) is 26.5 Å². The molecular formula is C16H15BrIN3O3. The molecule has 1 heterocycles. The molecule has 0 atom stereocenters. The minimum atomic E-state index is -0.684. The molecule has 0 saturated heterocycles. The molecule has 0 unspecified atom stereocenters. The number of amidine groups is 1. The second-order valence-corrected chi connectivity index (χ2v) is 7.21. The Morgan fingerprint density at radius 3 is 2.62 bits per heavy atom. The van der Waals surface area contributed by atoms with Crippen molar-refractivity contribution in [3.63, 3.8) is 0 Å². The first-order valence-electron chi connectivity index (χ1n) is 7.01. The quantitative estimate of drug-likeness (QED) is 0.601. The number of aliphatic hydroxyl groups excluding tert-OH is 1. The van der Waals surface area contributed by atoms with Gasteiger partial charge in [0.25, 0.3) is 0 Å². The first-order chi connectivity index (χ1) is 11.7. The summed E-state index contributed by atoms with van der Waals surface area (Å²) in [5.41, 5.74) is 3.28. The highest BCUT2D eigenvalue weighted by molar-refractivity contribution is 14.1. The molecule has 0 fully saturated rings. The number of halogens is 2. The highest BCUT2D eigenvalue weighted by atomic mass is 127. The van der Waals surface area contributed by atoms with Gasteiger partial charge >= 0.3 is 0 Å². The molecule has 0 aliphatic carbocycles. The number of hydrogen-bond donors (Lipinski definition) is 2. The summed E-state index contributed by atoms with van der Waals surface area (Å²) < 4.78 is 20.7. The summed E-state index contributed by atoms with van der Waals surface area (Å²) in [5.74, 6) is 2.00. The van der Waals surface area contributed by atoms with Crippen LogP contribution in [0.3, 0.4) is 0 Å². The molecule has 0 aromatic heterocycles. The van der Waals surface area contributed by atoms with Gasteiger partial charge in [-0.3, -0.25) is 0 Å². The Bertz CT molecular complexity index is 840. The molecule has 1 aliphatic heterocycles. The molecule has 24 heavy (non-hydrogen) atoms. The van der Waals surface area contributed by atoms with E-state index in [0.717, 1.165) is 32.8 Å². The molecule has 2 aromatic carbocycles. The molecule has 1 aliphatic rings. The summed E-state index contributed by atoms with van der Waals surface area (Å²) in [7, 11) is 3.20. The second-order valence-electron chi connectivity index (χ2n) is 4.90. The average Bonchev–Trinajstić information content (AvgIpc) is 2.62. The molecule has 126 valence electrons. The highest BCUT2D eigenvalue weighted by Crippen LogP contribution is 2.39. The summed E-state index contributed by atoms with van der Waals surface area (Å²) in [6, 6.07) is 9.42. The van der Waals surface area contributed by atoms with Gasteiger partial charge in [-0.25, -0.2) is 3.15 Å². The van der Waals surface area contributed by atoms with E-state index in [9.17, 15) is 5.11 Å². The zero-order valence-corrected chi connectivity index (χ0v) is 16.8. The van der Waals surface area contributed by atoms with E-state index in [4.69, 9.17) is 9.47 Å². The average molecular weight is 504 g/mol. The standard InChI is InChI=1S/C16H15BrIN3O3/c1-23-14-6-11-13(7-15(14)24-2)20-18-21-16(11)19-12-4-3-10(17)5-9(12)8-22/h3-7,22H,8H2,1-2H3,(H,19,20,21). The molecule has 2 N–H and O–H groups in total. The predicted octanol–water partition coefficient (Wildman–Crippen LogP) is 4.53. The number of nitrogens with zero attached hydrogens (tertiary/aromatic N) is 2. The summed E-state index contributed by atoms with van der Waals surface area (Å²) in [4.78, 5) is 0. The van der Waals surface area contributed by atoms with Crippen LogP contribution < -0.4 is 14.8 Å². The van der Waals surface area contributed by atoms with E-state index in [2.05, 4.69) is 27.6 Å². The monoisotopic (exact) mass is 503 g/mol. The Balaban J connectivity index is 2.00. The van der Waals surface area contributed by atoms with Crippen molar-refractivity contribution in [2.45, 2.75) is 6.61 Å². The van der Waals surface area contributed by atoms with Gasteiger partial charge in [-0.1, -0.05) is 15.9 Å². The van der Waals surface area contributed by atoms with E-state index in [1.165, 1.54) is 0 Å². The fourth-order valence-corrected chi connectivity index (χ4v) is 4.05. The van der Waals surface area contributed by atoms with Gasteiger partial charge in [0.1, 0.15) is 27.1 Å². The van der Waals surface area contributed by atoms with Gasteiger partial charge in [0, 0.05) is 27.4 Å². The van der Waals surface area contributed by atoms with Crippen molar-refractivity contribution >= 4 is 54.4 Å². The van der Waals surface area contributed by atoms with E-state index in [0.29, 0.717) is 11.5 Å². The van der Waals surface area contributed by atoms with E-state index in [1.807, 2.05) is 30.3 Å². The summed E-state index contributed by atoms with van der Waals surface area (Å²) >= 11 is 2.73. The summed E-state index contributed by atoms with van der Waals surface area (Å²) in [6.07, 6.45) is 0. The molecular weight excluding hydrogens is 489 g/mol. The molecule has 3 rings (SSSR count). The van der Waals surface area contributed by atoms with Crippen molar-refractivity contribution in [2.24, 2.45) is 6.35 Å². The maximum absolute atomic E-state index is 9.57. The molecule has 0 bridgehead atoms. The SMILES string of the molecule is COc1cc2c(cc1OC)C(Nc1ccc(Br)cc1CO)=NI=N2. The number of hydrogen-bond acceptors (Lipinski definition) is 6. The van der Waals surface area contributed by atoms with Gasteiger partial charge in [-0.05, 0) is 24.3 Å². The first-order valence-corrected chi connectivity index (χ1v) is 9.73. The Morgan fingerprint density at radius 2 is 1.92 bits per heavy atom. The largest absolute Gasteiger partial charge is 0.493 e. The lowest BCUT2D eigenvalue weighted by Crippen LogP contribution is -2.15. The normalized spacial score (nSPS) is 12.8. The lowest BCUT2D eigenvalue weighted by molar-refractivity contribution is 0.282. The van der Waals surface area contributed by atoms with Crippen LogP contribution in [0.1, 0.15) is 11.1 Å². The zero-order chi connectivity index (χ0) is 17.1. The smallest absolute Gasteiger partial charge is 0.162 e. The third-order valence-corrected chi connectivity index (χ3v) is 5.43. The van der Waals surface area contributed by atoms with Crippen molar-refractivity contribution in [1.29, 1.82) is 0 Å². The fourth-order valence-electron chi connectivity index (χ4n) is 2.30. The number of nitrogens with one attached hydrogen (secondary N) is 1. The highest BCUT2D eigenvalue weighted by Gasteiger charge is 2.18. The van der Waals surface area contributed by atoms with Crippen molar-refractivity contribution in [3.8, 4) is 11.5 Å². The number of anilines is 1. The molecule has 0 spiro atoms. The topological polar surface area (TPSA) is 75.4 Å². The van der Waals surface area contributed by atoms with Gasteiger partial charge in [-0.2, -0.15) is 3.21 Å². The number of fused-ring (bicyclic) bond motifs is 1. The number of ether oxygens (including phenoxy) is 2. The van der Waals surface area contributed by atoms with Crippen molar-refractivity contribution < 1.29 is 14.6 Å². The number of rotatable bonds is 4. The third kappa shape index (κ3) is 3.45. The predicted molar refractivity (Wildman–Crippen MR) is 106 cm³/mol. The number of benzene rings is 2. The number of aliphatic hydroxyl groups is 1. The Labute approximate surface area is 158 Å². The molecule has 8 heteroatoms. The summed E-state index contributed by atoms with van der Waals surface area (Å²) in [5, 5.41) is 12.9. The van der Waals surface area contributed by atoms with Crippen LogP contribution in [-0.2, 0) is 6.61 Å². The summed E-state index contributed by atoms with van der Waals surface area (Å²) in [6.45, 7) is -0.0622. The second kappa shape index (κ2) is 7.58. The maximum atomic E-state index is 9.57. The van der Waals surface area contributed by atoms with E-state index < -0.39 is 21.3 Å². The Morgan fingerprint density at radius 1 is 1.17 bits per heavy atom. The number of methoxy groups -OCH3 is 2. The van der Waals surface area contributed by atoms with Crippen LogP contribution in [0.4, 0.5) is 11.4 Å². The molecule has 6 nitrogen and oxygen atoms in total. The van der Waals surface area contributed by atoms with E-state index >= 15 is 0 Å². The zero-order valence-electron chi connectivity index (χ0n) is 13.0. The van der Waals surface area contributed by atoms with Crippen LogP contribution in [0.15, 0.2) is 41.2 Å². The molecule has 0 radical (unpaired) electrons. The lowest BCUT2D eigenvalue weighted by Gasteiger charge is -2.18.